The van der Waals surface area contributed by atoms with Crippen molar-refractivity contribution in [1.82, 2.24) is 0 Å². The summed E-state index contributed by atoms with van der Waals surface area (Å²) in [5, 5.41) is 8.79. The summed E-state index contributed by atoms with van der Waals surface area (Å²) in [5.41, 5.74) is 0.447. The molecule has 60 valence electrons. The topological polar surface area (TPSA) is 29.5 Å². The van der Waals surface area contributed by atoms with Gasteiger partial charge in [0.05, 0.1) is 7.11 Å². The molecule has 0 aromatic carbocycles. The molecule has 0 saturated carbocycles. The highest BCUT2D eigenvalue weighted by Gasteiger charge is 1.90. The van der Waals surface area contributed by atoms with E-state index in [1.54, 1.807) is 12.2 Å². The number of aliphatic hydroxyl groups excluding tert-OH is 1. The second kappa shape index (κ2) is 4.39. The molecule has 0 aliphatic rings. The minimum Gasteiger partial charge on any atom is -0.508 e. The van der Waals surface area contributed by atoms with Crippen molar-refractivity contribution in [1.29, 1.82) is 0 Å². The molecule has 0 saturated heterocycles. The van der Waals surface area contributed by atoms with Crippen LogP contribution in [0.2, 0.25) is 0 Å². The summed E-state index contributed by atoms with van der Waals surface area (Å²) in [4.78, 5) is 0. The normalized spacial score (nSPS) is 9.55. The molecule has 0 spiro atoms. The van der Waals surface area contributed by atoms with E-state index in [0.717, 1.165) is 0 Å². The van der Waals surface area contributed by atoms with E-state index >= 15 is 0 Å². The lowest BCUT2D eigenvalue weighted by atomic mass is 10.2. The Morgan fingerprint density at radius 1 is 1.27 bits per heavy atom. The van der Waals surface area contributed by atoms with Crippen molar-refractivity contribution in [3.8, 4) is 0 Å². The van der Waals surface area contributed by atoms with Gasteiger partial charge in [-0.25, -0.2) is 0 Å². The van der Waals surface area contributed by atoms with Crippen LogP contribution in [0.25, 0.3) is 0 Å². The van der Waals surface area contributed by atoms with Crippen molar-refractivity contribution in [2.45, 2.75) is 0 Å². The number of aliphatic hydroxyl groups is 1. The molecule has 0 amide bonds. The molecule has 0 aliphatic heterocycles. The summed E-state index contributed by atoms with van der Waals surface area (Å²) < 4.78 is 4.75. The SMILES string of the molecule is C=C(/C=C\C(=C)C(=C)O)OC. The van der Waals surface area contributed by atoms with Gasteiger partial charge in [0.1, 0.15) is 11.5 Å². The number of hydrogen-bond donors (Lipinski definition) is 1. The van der Waals surface area contributed by atoms with Gasteiger partial charge in [-0.1, -0.05) is 19.7 Å². The lowest BCUT2D eigenvalue weighted by molar-refractivity contribution is 0.309. The van der Waals surface area contributed by atoms with Crippen LogP contribution >= 0.6 is 0 Å². The molecule has 2 nitrogen and oxygen atoms in total. The Kier molecular flexibility index (Phi) is 3.81. The quantitative estimate of drug-likeness (QED) is 0.495. The van der Waals surface area contributed by atoms with Crippen LogP contribution in [0.5, 0.6) is 0 Å². The fourth-order valence-electron chi connectivity index (χ4n) is 0.358. The van der Waals surface area contributed by atoms with Gasteiger partial charge in [-0.05, 0) is 12.2 Å². The second-order valence-corrected chi connectivity index (χ2v) is 1.98. The maximum Gasteiger partial charge on any atom is 0.115 e. The first-order valence-corrected chi connectivity index (χ1v) is 3.06. The van der Waals surface area contributed by atoms with E-state index in [9.17, 15) is 0 Å². The van der Waals surface area contributed by atoms with E-state index in [-0.39, 0.29) is 5.76 Å². The van der Waals surface area contributed by atoms with Crippen molar-refractivity contribution >= 4 is 0 Å². The molecule has 0 heterocycles. The molecule has 0 atom stereocenters. The number of methoxy groups -OCH3 is 1. The number of hydrogen-bond acceptors (Lipinski definition) is 2. The maximum atomic E-state index is 8.79. The van der Waals surface area contributed by atoms with E-state index in [1.165, 1.54) is 7.11 Å². The van der Waals surface area contributed by atoms with Gasteiger partial charge in [0, 0.05) is 5.57 Å². The first-order chi connectivity index (χ1) is 5.07. The predicted octanol–water partition coefficient (Wildman–Crippen LogP) is 2.33. The Labute approximate surface area is 66.8 Å². The molecular formula is C9H12O2. The summed E-state index contributed by atoms with van der Waals surface area (Å²) in [7, 11) is 1.52. The van der Waals surface area contributed by atoms with Gasteiger partial charge in [-0.3, -0.25) is 0 Å². The van der Waals surface area contributed by atoms with Crippen LogP contribution in [0.1, 0.15) is 0 Å². The van der Waals surface area contributed by atoms with E-state index < -0.39 is 0 Å². The fourth-order valence-corrected chi connectivity index (χ4v) is 0.358. The molecule has 1 N–H and O–H groups in total. The minimum absolute atomic E-state index is 0.0508. The molecule has 11 heavy (non-hydrogen) atoms. The smallest absolute Gasteiger partial charge is 0.115 e. The van der Waals surface area contributed by atoms with Crippen molar-refractivity contribution in [2.24, 2.45) is 0 Å². The highest BCUT2D eigenvalue weighted by Crippen LogP contribution is 2.04. The Bertz CT molecular complexity index is 212. The molecule has 0 unspecified atom stereocenters. The number of rotatable bonds is 4. The molecule has 0 aromatic rings. The summed E-state index contributed by atoms with van der Waals surface area (Å²) in [6.07, 6.45) is 3.18. The first kappa shape index (κ1) is 9.56. The van der Waals surface area contributed by atoms with E-state index in [0.29, 0.717) is 11.3 Å². The third kappa shape index (κ3) is 4.03. The molecule has 2 heteroatoms. The Balaban J connectivity index is 4.04. The monoisotopic (exact) mass is 152 g/mol. The molecular weight excluding hydrogens is 140 g/mol. The molecule has 0 fully saturated rings. The standard InChI is InChI=1S/C9H12O2/c1-7(9(3)10)5-6-8(2)11-4/h5-6,10H,1-3H2,4H3/b6-5-. The van der Waals surface area contributed by atoms with Crippen molar-refractivity contribution in [3.05, 3.63) is 49.0 Å². The number of allylic oxidation sites excluding steroid dienone is 2. The zero-order valence-corrected chi connectivity index (χ0v) is 6.63. The Hall–Kier alpha value is -1.44. The lowest BCUT2D eigenvalue weighted by Gasteiger charge is -1.97. The zero-order chi connectivity index (χ0) is 8.85. The average molecular weight is 152 g/mol. The Morgan fingerprint density at radius 2 is 1.82 bits per heavy atom. The van der Waals surface area contributed by atoms with Crippen LogP contribution in [-0.2, 0) is 4.74 Å². The van der Waals surface area contributed by atoms with Crippen molar-refractivity contribution in [2.75, 3.05) is 7.11 Å². The highest BCUT2D eigenvalue weighted by atomic mass is 16.5. The maximum absolute atomic E-state index is 8.79. The lowest BCUT2D eigenvalue weighted by Crippen LogP contribution is -1.81. The van der Waals surface area contributed by atoms with Crippen LogP contribution in [0.15, 0.2) is 49.0 Å². The third-order valence-electron chi connectivity index (χ3n) is 1.10. The van der Waals surface area contributed by atoms with Crippen molar-refractivity contribution < 1.29 is 9.84 Å². The largest absolute Gasteiger partial charge is 0.508 e. The molecule has 0 rings (SSSR count). The zero-order valence-electron chi connectivity index (χ0n) is 6.63. The van der Waals surface area contributed by atoms with Crippen LogP contribution in [0, 0.1) is 0 Å². The van der Waals surface area contributed by atoms with Crippen LogP contribution in [0.3, 0.4) is 0 Å². The first-order valence-electron chi connectivity index (χ1n) is 3.06. The van der Waals surface area contributed by atoms with E-state index in [1.807, 2.05) is 0 Å². The van der Waals surface area contributed by atoms with Crippen LogP contribution in [-0.4, -0.2) is 12.2 Å². The van der Waals surface area contributed by atoms with Gasteiger partial charge in [0.2, 0.25) is 0 Å². The van der Waals surface area contributed by atoms with E-state index in [4.69, 9.17) is 9.84 Å². The summed E-state index contributed by atoms with van der Waals surface area (Å²) in [6.45, 7) is 10.4. The summed E-state index contributed by atoms with van der Waals surface area (Å²) in [6, 6.07) is 0. The van der Waals surface area contributed by atoms with Gasteiger partial charge in [0.25, 0.3) is 0 Å². The van der Waals surface area contributed by atoms with E-state index in [2.05, 4.69) is 19.7 Å². The molecule has 0 bridgehead atoms. The van der Waals surface area contributed by atoms with Gasteiger partial charge < -0.3 is 9.84 Å². The fraction of sp³-hybridized carbons (Fsp3) is 0.111. The number of ether oxygens (including phenoxy) is 1. The molecule has 0 aromatic heterocycles. The predicted molar refractivity (Wildman–Crippen MR) is 46.2 cm³/mol. The van der Waals surface area contributed by atoms with Gasteiger partial charge in [-0.15, -0.1) is 0 Å². The van der Waals surface area contributed by atoms with Crippen LogP contribution < -0.4 is 0 Å². The summed E-state index contributed by atoms with van der Waals surface area (Å²) in [5.74, 6) is 0.456. The molecule has 0 aliphatic carbocycles. The average Bonchev–Trinajstić information content (AvgIpc) is 1.99. The minimum atomic E-state index is -0.0508. The van der Waals surface area contributed by atoms with Gasteiger partial charge in [-0.2, -0.15) is 0 Å². The van der Waals surface area contributed by atoms with Crippen LogP contribution in [0.4, 0.5) is 0 Å². The summed E-state index contributed by atoms with van der Waals surface area (Å²) >= 11 is 0. The molecule has 0 radical (unpaired) electrons. The van der Waals surface area contributed by atoms with Gasteiger partial charge in [0.15, 0.2) is 0 Å². The second-order valence-electron chi connectivity index (χ2n) is 1.98. The Morgan fingerprint density at radius 3 is 2.18 bits per heavy atom. The highest BCUT2D eigenvalue weighted by molar-refractivity contribution is 5.32. The van der Waals surface area contributed by atoms with Crippen molar-refractivity contribution in [3.63, 3.8) is 0 Å². The van der Waals surface area contributed by atoms with Gasteiger partial charge >= 0.3 is 0 Å². The third-order valence-corrected chi connectivity index (χ3v) is 1.10.